The summed E-state index contributed by atoms with van der Waals surface area (Å²) in [4.78, 5) is 19.4. The molecule has 0 fully saturated rings. The molecule has 0 radical (unpaired) electrons. The van der Waals surface area contributed by atoms with Crippen LogP contribution in [0.15, 0.2) is 158 Å². The van der Waals surface area contributed by atoms with Crippen LogP contribution in [0.1, 0.15) is 0 Å². The molecule has 8 aromatic carbocycles. The van der Waals surface area contributed by atoms with Crippen molar-refractivity contribution in [2.24, 2.45) is 0 Å². The SMILES string of the molecule is COc1cc2ccccc2cc1N(C(=O)N(c1cccc2ccccc12)c1cccc2ccccc12)c1cc2ccccc2cc1OC. The van der Waals surface area contributed by atoms with Gasteiger partial charge in [0.1, 0.15) is 11.5 Å². The minimum Gasteiger partial charge on any atom is -0.495 e. The standard InChI is InChI=1S/C43H32N2O3/c1-47-41-27-33-17-5-3-15-31(33)25-39(41)45(40-26-32-16-4-6-18-34(32)28-42(40)48-2)43(46)44(37-23-11-19-29-13-7-9-21-35(29)37)38-24-12-20-30-14-8-10-22-36(30)38/h3-28H,1-2H3. The zero-order valence-electron chi connectivity index (χ0n) is 26.6. The molecule has 5 heteroatoms. The number of ether oxygens (including phenoxy) is 2. The Labute approximate surface area is 278 Å². The molecule has 232 valence electrons. The Balaban J connectivity index is 1.47. The third kappa shape index (κ3) is 4.93. The van der Waals surface area contributed by atoms with Crippen LogP contribution in [0, 0.1) is 0 Å². The molecule has 0 unspecified atom stereocenters. The highest BCUT2D eigenvalue weighted by molar-refractivity contribution is 6.20. The van der Waals surface area contributed by atoms with Gasteiger partial charge in [0.05, 0.1) is 37.0 Å². The minimum absolute atomic E-state index is 0.287. The molecule has 0 aliphatic heterocycles. The Bertz CT molecular complexity index is 2310. The number of methoxy groups -OCH3 is 2. The van der Waals surface area contributed by atoms with Crippen LogP contribution in [-0.4, -0.2) is 20.3 Å². The summed E-state index contributed by atoms with van der Waals surface area (Å²) in [5, 5.41) is 7.96. The molecule has 0 N–H and O–H groups in total. The molecule has 48 heavy (non-hydrogen) atoms. The predicted molar refractivity (Wildman–Crippen MR) is 199 cm³/mol. The van der Waals surface area contributed by atoms with Crippen LogP contribution in [0.5, 0.6) is 11.5 Å². The molecule has 0 aromatic heterocycles. The lowest BCUT2D eigenvalue weighted by molar-refractivity contribution is 0.255. The second-order valence-corrected chi connectivity index (χ2v) is 11.7. The summed E-state index contributed by atoms with van der Waals surface area (Å²) in [6, 6.07) is 52.4. The summed E-state index contributed by atoms with van der Waals surface area (Å²) in [5.74, 6) is 1.13. The van der Waals surface area contributed by atoms with Gasteiger partial charge in [-0.3, -0.25) is 9.80 Å². The lowest BCUT2D eigenvalue weighted by atomic mass is 10.0. The number of amides is 2. The molecular weight excluding hydrogens is 592 g/mol. The maximum Gasteiger partial charge on any atom is 0.338 e. The average Bonchev–Trinajstić information content (AvgIpc) is 3.14. The lowest BCUT2D eigenvalue weighted by Gasteiger charge is -2.34. The highest BCUT2D eigenvalue weighted by atomic mass is 16.5. The average molecular weight is 625 g/mol. The summed E-state index contributed by atoms with van der Waals surface area (Å²) in [6.45, 7) is 0. The van der Waals surface area contributed by atoms with Gasteiger partial charge in [-0.15, -0.1) is 0 Å². The van der Waals surface area contributed by atoms with Gasteiger partial charge in [-0.25, -0.2) is 4.79 Å². The zero-order valence-corrected chi connectivity index (χ0v) is 26.6. The van der Waals surface area contributed by atoms with E-state index in [2.05, 4.69) is 36.4 Å². The second kappa shape index (κ2) is 12.1. The molecule has 0 atom stereocenters. The van der Waals surface area contributed by atoms with Gasteiger partial charge in [0, 0.05) is 10.8 Å². The van der Waals surface area contributed by atoms with Crippen molar-refractivity contribution in [2.75, 3.05) is 24.0 Å². The van der Waals surface area contributed by atoms with Crippen LogP contribution in [0.4, 0.5) is 27.5 Å². The maximum atomic E-state index is 15.9. The summed E-state index contributed by atoms with van der Waals surface area (Å²) in [6.07, 6.45) is 0. The summed E-state index contributed by atoms with van der Waals surface area (Å²) in [7, 11) is 3.28. The van der Waals surface area contributed by atoms with Gasteiger partial charge in [-0.05, 0) is 68.7 Å². The zero-order chi connectivity index (χ0) is 32.6. The van der Waals surface area contributed by atoms with E-state index in [4.69, 9.17) is 9.47 Å². The summed E-state index contributed by atoms with van der Waals surface area (Å²) >= 11 is 0. The largest absolute Gasteiger partial charge is 0.495 e. The fourth-order valence-electron chi connectivity index (χ4n) is 6.67. The number of carbonyl (C=O) groups excluding carboxylic acids is 1. The van der Waals surface area contributed by atoms with E-state index in [0.717, 1.165) is 54.5 Å². The number of urea groups is 1. The first-order chi connectivity index (χ1) is 23.6. The second-order valence-electron chi connectivity index (χ2n) is 11.7. The Morgan fingerprint density at radius 2 is 0.729 bits per heavy atom. The monoisotopic (exact) mass is 624 g/mol. The Kier molecular flexibility index (Phi) is 7.35. The summed E-state index contributed by atoms with van der Waals surface area (Å²) in [5.41, 5.74) is 2.72. The molecule has 0 aliphatic carbocycles. The number of benzene rings is 8. The van der Waals surface area contributed by atoms with Crippen LogP contribution in [0.2, 0.25) is 0 Å². The van der Waals surface area contributed by atoms with Crippen LogP contribution in [0.3, 0.4) is 0 Å². The first-order valence-corrected chi connectivity index (χ1v) is 15.9. The van der Waals surface area contributed by atoms with Crippen molar-refractivity contribution in [2.45, 2.75) is 0 Å². The molecule has 8 rings (SSSR count). The highest BCUT2D eigenvalue weighted by Gasteiger charge is 2.33. The van der Waals surface area contributed by atoms with Crippen molar-refractivity contribution in [3.05, 3.63) is 158 Å². The van der Waals surface area contributed by atoms with E-state index in [1.807, 2.05) is 126 Å². The molecule has 0 heterocycles. The van der Waals surface area contributed by atoms with Crippen molar-refractivity contribution in [3.63, 3.8) is 0 Å². The first-order valence-electron chi connectivity index (χ1n) is 15.9. The fourth-order valence-corrected chi connectivity index (χ4v) is 6.67. The molecule has 0 saturated carbocycles. The molecule has 0 aliphatic rings. The van der Waals surface area contributed by atoms with Crippen LogP contribution >= 0.6 is 0 Å². The highest BCUT2D eigenvalue weighted by Crippen LogP contribution is 2.46. The van der Waals surface area contributed by atoms with E-state index in [1.165, 1.54) is 0 Å². The van der Waals surface area contributed by atoms with E-state index in [9.17, 15) is 0 Å². The molecular formula is C43H32N2O3. The Morgan fingerprint density at radius 1 is 0.396 bits per heavy atom. The van der Waals surface area contributed by atoms with Gasteiger partial charge < -0.3 is 9.47 Å². The number of fused-ring (bicyclic) bond motifs is 4. The van der Waals surface area contributed by atoms with E-state index in [-0.39, 0.29) is 6.03 Å². The van der Waals surface area contributed by atoms with Crippen molar-refractivity contribution in [1.29, 1.82) is 0 Å². The van der Waals surface area contributed by atoms with Gasteiger partial charge in [0.2, 0.25) is 0 Å². The van der Waals surface area contributed by atoms with E-state index in [0.29, 0.717) is 22.9 Å². The van der Waals surface area contributed by atoms with Crippen LogP contribution in [-0.2, 0) is 0 Å². The predicted octanol–water partition coefficient (Wildman–Crippen LogP) is 11.4. The number of rotatable bonds is 6. The van der Waals surface area contributed by atoms with E-state index >= 15 is 4.79 Å². The molecule has 0 saturated heterocycles. The molecule has 8 aromatic rings. The van der Waals surface area contributed by atoms with Crippen LogP contribution in [0.25, 0.3) is 43.1 Å². The molecule has 0 bridgehead atoms. The quantitative estimate of drug-likeness (QED) is 0.185. The lowest BCUT2D eigenvalue weighted by Crippen LogP contribution is -2.39. The van der Waals surface area contributed by atoms with Gasteiger partial charge in [-0.2, -0.15) is 0 Å². The van der Waals surface area contributed by atoms with Crippen LogP contribution < -0.4 is 19.3 Å². The molecule has 2 amide bonds. The third-order valence-corrected chi connectivity index (χ3v) is 8.97. The molecule has 0 spiro atoms. The van der Waals surface area contributed by atoms with Crippen molar-refractivity contribution in [3.8, 4) is 11.5 Å². The van der Waals surface area contributed by atoms with Crippen molar-refractivity contribution >= 4 is 71.9 Å². The number of hydrogen-bond acceptors (Lipinski definition) is 3. The topological polar surface area (TPSA) is 42.0 Å². The van der Waals surface area contributed by atoms with E-state index < -0.39 is 0 Å². The van der Waals surface area contributed by atoms with Gasteiger partial charge in [0.15, 0.2) is 0 Å². The minimum atomic E-state index is -0.287. The van der Waals surface area contributed by atoms with Crippen molar-refractivity contribution in [1.82, 2.24) is 0 Å². The van der Waals surface area contributed by atoms with Crippen molar-refractivity contribution < 1.29 is 14.3 Å². The van der Waals surface area contributed by atoms with Gasteiger partial charge in [-0.1, -0.05) is 121 Å². The Morgan fingerprint density at radius 3 is 1.15 bits per heavy atom. The number of nitrogens with zero attached hydrogens (tertiary/aromatic N) is 2. The number of hydrogen-bond donors (Lipinski definition) is 0. The van der Waals surface area contributed by atoms with Gasteiger partial charge >= 0.3 is 6.03 Å². The maximum absolute atomic E-state index is 15.9. The first kappa shape index (κ1) is 29.1. The Hall–Kier alpha value is -6.33. The summed E-state index contributed by atoms with van der Waals surface area (Å²) < 4.78 is 12.1. The van der Waals surface area contributed by atoms with E-state index in [1.54, 1.807) is 19.1 Å². The number of anilines is 4. The number of carbonyl (C=O) groups is 1. The fraction of sp³-hybridized carbons (Fsp3) is 0.0465. The third-order valence-electron chi connectivity index (χ3n) is 8.97. The normalized spacial score (nSPS) is 11.2. The molecule has 5 nitrogen and oxygen atoms in total. The smallest absolute Gasteiger partial charge is 0.338 e. The van der Waals surface area contributed by atoms with Gasteiger partial charge in [0.25, 0.3) is 0 Å².